The average molecular weight is 742 g/mol. The molecule has 0 saturated heterocycles. The number of carbonyl (C=O) groups is 1. The fraction of sp³-hybridized carbons (Fsp3) is 0.833. The van der Waals surface area contributed by atoms with Crippen molar-refractivity contribution in [3.63, 3.8) is 0 Å². The van der Waals surface area contributed by atoms with E-state index in [0.717, 1.165) is 35.6 Å². The number of nitrogens with one attached hydrogen (secondary N) is 1. The zero-order valence-electron chi connectivity index (χ0n) is 20.5. The molecular weight excluding hydrogens is 707 g/mol. The van der Waals surface area contributed by atoms with E-state index in [1.807, 2.05) is 53.3 Å². The fourth-order valence-corrected chi connectivity index (χ4v) is 14.1. The van der Waals surface area contributed by atoms with Crippen LogP contribution in [0.25, 0.3) is 0 Å². The van der Waals surface area contributed by atoms with Gasteiger partial charge in [0.25, 0.3) is 5.24 Å². The predicted molar refractivity (Wildman–Crippen MR) is 194 cm³/mol. The average Bonchev–Trinajstić information content (AvgIpc) is 2.89. The van der Waals surface area contributed by atoms with E-state index >= 15 is 0 Å². The summed E-state index contributed by atoms with van der Waals surface area (Å²) in [5, 5.41) is 18.7. The standard InChI is InChI=1S/C18H35N3O4S12/c1-26-5-19-9-37(25)17-34-15-32-13-31-14-33-16-35-18(23)21-7-28-11-30-12-29-10-27-6-20-8-36(24)4-2-3-22/h8-9,22H,2-7,10-17H2,1H3,(H,21,23). The van der Waals surface area contributed by atoms with Crippen molar-refractivity contribution in [2.75, 3.05) is 76.9 Å². The Bertz CT molecular complexity index is 649. The van der Waals surface area contributed by atoms with Crippen LogP contribution in [0.1, 0.15) is 6.42 Å². The maximum absolute atomic E-state index is 11.9. The Labute approximate surface area is 269 Å². The molecule has 37 heavy (non-hydrogen) atoms. The topological polar surface area (TPSA) is 108 Å². The molecule has 1 amide bonds. The molecule has 0 bridgehead atoms. The quantitative estimate of drug-likeness (QED) is 0.0437. The van der Waals surface area contributed by atoms with E-state index in [1.165, 1.54) is 17.3 Å². The second-order valence-electron chi connectivity index (χ2n) is 5.99. The maximum Gasteiger partial charge on any atom is 0.280 e. The first-order valence-corrected chi connectivity index (χ1v) is 24.8. The lowest BCUT2D eigenvalue weighted by Crippen LogP contribution is -2.17. The second kappa shape index (κ2) is 33.1. The molecule has 7 nitrogen and oxygen atoms in total. The van der Waals surface area contributed by atoms with Gasteiger partial charge in [0.05, 0.1) is 55.4 Å². The molecular formula is C18H35N3O4S12. The molecule has 2 N–H and O–H groups in total. The Balaban J connectivity index is 3.31. The van der Waals surface area contributed by atoms with Crippen LogP contribution in [0.2, 0.25) is 0 Å². The third kappa shape index (κ3) is 32.9. The molecule has 19 heteroatoms. The van der Waals surface area contributed by atoms with E-state index in [4.69, 9.17) is 5.11 Å². The first-order valence-electron chi connectivity index (χ1n) is 10.5. The van der Waals surface area contributed by atoms with Gasteiger partial charge in [-0.05, 0) is 12.7 Å². The van der Waals surface area contributed by atoms with Gasteiger partial charge in [0.1, 0.15) is 0 Å². The summed E-state index contributed by atoms with van der Waals surface area (Å²) >= 11 is 17.1. The van der Waals surface area contributed by atoms with Crippen LogP contribution in [0.5, 0.6) is 0 Å². The lowest BCUT2D eigenvalue weighted by molar-refractivity contribution is 0.262. The smallest absolute Gasteiger partial charge is 0.280 e. The van der Waals surface area contributed by atoms with Crippen molar-refractivity contribution in [1.29, 1.82) is 0 Å². The lowest BCUT2D eigenvalue weighted by atomic mass is 10.5. The van der Waals surface area contributed by atoms with Gasteiger partial charge in [0.15, 0.2) is 0 Å². The van der Waals surface area contributed by atoms with Gasteiger partial charge in [-0.25, -0.2) is 0 Å². The van der Waals surface area contributed by atoms with Gasteiger partial charge in [0, 0.05) is 48.0 Å². The van der Waals surface area contributed by atoms with E-state index in [9.17, 15) is 13.2 Å². The molecule has 0 aliphatic rings. The molecule has 0 aromatic rings. The van der Waals surface area contributed by atoms with Crippen LogP contribution in [0, 0.1) is 0 Å². The van der Waals surface area contributed by atoms with Crippen molar-refractivity contribution in [2.24, 2.45) is 9.98 Å². The molecule has 218 valence electrons. The van der Waals surface area contributed by atoms with Crippen LogP contribution >= 0.6 is 118 Å². The number of aliphatic imine (C=N–C) groups is 2. The minimum atomic E-state index is -1.07. The van der Waals surface area contributed by atoms with Crippen LogP contribution in [-0.2, 0) is 21.6 Å². The first kappa shape index (κ1) is 39.6. The van der Waals surface area contributed by atoms with Crippen molar-refractivity contribution in [1.82, 2.24) is 5.32 Å². The summed E-state index contributed by atoms with van der Waals surface area (Å²) < 4.78 is 23.1. The summed E-state index contributed by atoms with van der Waals surface area (Å²) in [7, 11) is -2.04. The van der Waals surface area contributed by atoms with Gasteiger partial charge >= 0.3 is 0 Å². The third-order valence-corrected chi connectivity index (χ3v) is 16.7. The monoisotopic (exact) mass is 741 g/mol. The molecule has 0 aliphatic heterocycles. The number of rotatable bonds is 27. The first-order chi connectivity index (χ1) is 18.1. The number of thioether (sulfide) groups is 10. The number of aliphatic hydroxyl groups is 1. The number of nitrogens with zero attached hydrogens (tertiary/aromatic N) is 2. The van der Waals surface area contributed by atoms with Crippen molar-refractivity contribution in [3.05, 3.63) is 0 Å². The summed E-state index contributed by atoms with van der Waals surface area (Å²) in [6.45, 7) is 0.0638. The minimum Gasteiger partial charge on any atom is -0.396 e. The number of amides is 1. The number of hydrogen-bond donors (Lipinski definition) is 2. The molecule has 0 heterocycles. The third-order valence-electron chi connectivity index (χ3n) is 3.05. The molecule has 2 unspecified atom stereocenters. The van der Waals surface area contributed by atoms with E-state index in [2.05, 4.69) is 15.3 Å². The van der Waals surface area contributed by atoms with Gasteiger partial charge in [-0.2, -0.15) is 0 Å². The summed E-state index contributed by atoms with van der Waals surface area (Å²) in [6.07, 6.45) is 2.51. The Morgan fingerprint density at radius 1 is 0.784 bits per heavy atom. The fourth-order valence-electron chi connectivity index (χ4n) is 1.62. The van der Waals surface area contributed by atoms with Crippen LogP contribution in [0.15, 0.2) is 9.98 Å². The maximum atomic E-state index is 11.9. The summed E-state index contributed by atoms with van der Waals surface area (Å²) in [5.74, 6) is 2.36. The normalized spacial score (nSPS) is 13.5. The molecule has 0 spiro atoms. The molecule has 0 radical (unpaired) electrons. The van der Waals surface area contributed by atoms with E-state index in [0.29, 0.717) is 34.9 Å². The highest BCUT2D eigenvalue weighted by Gasteiger charge is 2.02. The largest absolute Gasteiger partial charge is 0.396 e. The Morgan fingerprint density at radius 3 is 2.03 bits per heavy atom. The van der Waals surface area contributed by atoms with E-state index in [1.54, 1.807) is 64.4 Å². The number of aliphatic hydroxyl groups excluding tert-OH is 1. The highest BCUT2D eigenvalue weighted by molar-refractivity contribution is 8.30. The van der Waals surface area contributed by atoms with Gasteiger partial charge < -0.3 is 10.4 Å². The predicted octanol–water partition coefficient (Wildman–Crippen LogP) is 6.13. The molecule has 0 rings (SSSR count). The van der Waals surface area contributed by atoms with E-state index < -0.39 is 21.6 Å². The highest BCUT2D eigenvalue weighted by atomic mass is 32.3. The van der Waals surface area contributed by atoms with Gasteiger partial charge in [-0.15, -0.1) is 106 Å². The Kier molecular flexibility index (Phi) is 35.4. The Morgan fingerprint density at radius 2 is 1.35 bits per heavy atom. The summed E-state index contributed by atoms with van der Waals surface area (Å²) in [6, 6.07) is 0. The van der Waals surface area contributed by atoms with Crippen LogP contribution in [-0.4, -0.2) is 107 Å². The van der Waals surface area contributed by atoms with Gasteiger partial charge in [-0.3, -0.25) is 23.2 Å². The van der Waals surface area contributed by atoms with Crippen molar-refractivity contribution >= 4 is 156 Å². The van der Waals surface area contributed by atoms with Crippen LogP contribution in [0.3, 0.4) is 0 Å². The second-order valence-corrected chi connectivity index (χ2v) is 21.2. The highest BCUT2D eigenvalue weighted by Crippen LogP contribution is 2.24. The van der Waals surface area contributed by atoms with Gasteiger partial charge in [0.2, 0.25) is 0 Å². The molecule has 2 atom stereocenters. The summed E-state index contributed by atoms with van der Waals surface area (Å²) in [4.78, 5) is 20.1. The van der Waals surface area contributed by atoms with Gasteiger partial charge in [-0.1, -0.05) is 11.8 Å². The molecule has 0 fully saturated rings. The molecule has 0 saturated carbocycles. The number of carbonyl (C=O) groups excluding carboxylic acids is 1. The zero-order valence-corrected chi connectivity index (χ0v) is 30.3. The molecule has 0 aromatic heterocycles. The molecule has 0 aromatic carbocycles. The van der Waals surface area contributed by atoms with Crippen molar-refractivity contribution in [3.8, 4) is 0 Å². The van der Waals surface area contributed by atoms with E-state index in [-0.39, 0.29) is 11.8 Å². The lowest BCUT2D eigenvalue weighted by Gasteiger charge is -2.05. The number of hydrogen-bond acceptors (Lipinski definition) is 16. The Hall–Kier alpha value is 2.57. The summed E-state index contributed by atoms with van der Waals surface area (Å²) in [5.41, 5.74) is 3.02. The van der Waals surface area contributed by atoms with Crippen molar-refractivity contribution < 1.29 is 18.3 Å². The zero-order chi connectivity index (χ0) is 27.2. The van der Waals surface area contributed by atoms with Crippen molar-refractivity contribution in [2.45, 2.75) is 6.42 Å². The minimum absolute atomic E-state index is 0.0264. The SMILES string of the molecule is CSCN=CS(=O)CSCSCSCSCSC(=O)NCSCSCSCSCN=CS(=O)CCCO. The van der Waals surface area contributed by atoms with Crippen LogP contribution < -0.4 is 5.32 Å². The van der Waals surface area contributed by atoms with Crippen LogP contribution in [0.4, 0.5) is 4.79 Å². The molecule has 0 aliphatic carbocycles.